The Bertz CT molecular complexity index is 818. The van der Waals surface area contributed by atoms with Gasteiger partial charge in [0.05, 0.1) is 17.6 Å². The zero-order valence-corrected chi connectivity index (χ0v) is 16.7. The Morgan fingerprint density at radius 3 is 2.44 bits per heavy atom. The number of hydrogen-bond donors (Lipinski definition) is 0. The van der Waals surface area contributed by atoms with Crippen molar-refractivity contribution < 1.29 is 14.3 Å². The summed E-state index contributed by atoms with van der Waals surface area (Å²) in [6, 6.07) is 7.84. The van der Waals surface area contributed by atoms with Gasteiger partial charge in [-0.1, -0.05) is 12.1 Å². The van der Waals surface area contributed by atoms with Crippen LogP contribution in [0.1, 0.15) is 34.6 Å². The van der Waals surface area contributed by atoms with Crippen LogP contribution >= 0.6 is 0 Å². The Balaban J connectivity index is 1.83. The summed E-state index contributed by atoms with van der Waals surface area (Å²) in [6.45, 7) is 11.9. The van der Waals surface area contributed by atoms with Crippen LogP contribution in [-0.2, 0) is 4.74 Å². The third-order valence-corrected chi connectivity index (χ3v) is 4.35. The number of carbonyl (C=O) groups is 1. The van der Waals surface area contributed by atoms with Crippen LogP contribution in [0.3, 0.4) is 0 Å². The van der Waals surface area contributed by atoms with Crippen molar-refractivity contribution in [1.82, 2.24) is 14.9 Å². The molecule has 3 rings (SSSR count). The van der Waals surface area contributed by atoms with E-state index in [1.54, 1.807) is 4.90 Å². The Kier molecular flexibility index (Phi) is 5.39. The molecule has 1 aromatic carbocycles. The SMILES string of the molecule is CCOc1nc2ccccc2nc1N1CCN(C(=O)OC(C)(C)C)C[C@H]1C. The van der Waals surface area contributed by atoms with Crippen LogP contribution in [-0.4, -0.2) is 58.8 Å². The van der Waals surface area contributed by atoms with Gasteiger partial charge >= 0.3 is 6.09 Å². The molecule has 0 radical (unpaired) electrons. The van der Waals surface area contributed by atoms with E-state index in [-0.39, 0.29) is 12.1 Å². The molecule has 0 spiro atoms. The highest BCUT2D eigenvalue weighted by molar-refractivity contribution is 5.77. The minimum Gasteiger partial charge on any atom is -0.475 e. The lowest BCUT2D eigenvalue weighted by atomic mass is 10.2. The lowest BCUT2D eigenvalue weighted by Crippen LogP contribution is -2.55. The highest BCUT2D eigenvalue weighted by Gasteiger charge is 2.32. The lowest BCUT2D eigenvalue weighted by Gasteiger charge is -2.40. The molecule has 7 heteroatoms. The molecule has 1 amide bonds. The lowest BCUT2D eigenvalue weighted by molar-refractivity contribution is 0.0218. The van der Waals surface area contributed by atoms with E-state index in [0.717, 1.165) is 16.9 Å². The van der Waals surface area contributed by atoms with Crippen molar-refractivity contribution in [2.75, 3.05) is 31.1 Å². The molecule has 1 aromatic heterocycles. The fraction of sp³-hybridized carbons (Fsp3) is 0.550. The van der Waals surface area contributed by atoms with Crippen LogP contribution in [0.4, 0.5) is 10.6 Å². The highest BCUT2D eigenvalue weighted by Crippen LogP contribution is 2.30. The second kappa shape index (κ2) is 7.58. The first-order chi connectivity index (χ1) is 12.8. The Hall–Kier alpha value is -2.57. The molecule has 0 aliphatic carbocycles. The van der Waals surface area contributed by atoms with Crippen LogP contribution in [0.5, 0.6) is 5.88 Å². The number of piperazine rings is 1. The minimum atomic E-state index is -0.497. The number of para-hydroxylation sites is 2. The van der Waals surface area contributed by atoms with E-state index in [1.165, 1.54) is 0 Å². The fourth-order valence-corrected chi connectivity index (χ4v) is 3.16. The molecule has 27 heavy (non-hydrogen) atoms. The molecule has 0 unspecified atom stereocenters. The average Bonchev–Trinajstić information content (AvgIpc) is 2.60. The molecule has 7 nitrogen and oxygen atoms in total. The van der Waals surface area contributed by atoms with Gasteiger partial charge in [-0.15, -0.1) is 0 Å². The fourth-order valence-electron chi connectivity index (χ4n) is 3.16. The summed E-state index contributed by atoms with van der Waals surface area (Å²) in [5.41, 5.74) is 1.14. The molecular weight excluding hydrogens is 344 g/mol. The summed E-state index contributed by atoms with van der Waals surface area (Å²) in [5.74, 6) is 1.26. The second-order valence-electron chi connectivity index (χ2n) is 7.74. The minimum absolute atomic E-state index is 0.0703. The Morgan fingerprint density at radius 2 is 1.85 bits per heavy atom. The van der Waals surface area contributed by atoms with Gasteiger partial charge in [0.2, 0.25) is 0 Å². The van der Waals surface area contributed by atoms with E-state index in [4.69, 9.17) is 14.5 Å². The number of carbonyl (C=O) groups excluding carboxylic acids is 1. The molecule has 1 saturated heterocycles. The quantitative estimate of drug-likeness (QED) is 0.822. The maximum absolute atomic E-state index is 12.4. The van der Waals surface area contributed by atoms with Crippen molar-refractivity contribution in [1.29, 1.82) is 0 Å². The van der Waals surface area contributed by atoms with E-state index in [0.29, 0.717) is 32.1 Å². The summed E-state index contributed by atoms with van der Waals surface area (Å²) in [6.07, 6.45) is -0.274. The van der Waals surface area contributed by atoms with E-state index in [9.17, 15) is 4.79 Å². The van der Waals surface area contributed by atoms with Crippen molar-refractivity contribution >= 4 is 22.9 Å². The normalized spacial score (nSPS) is 17.9. The number of aromatic nitrogens is 2. The maximum atomic E-state index is 12.4. The van der Waals surface area contributed by atoms with Crippen LogP contribution in [0.25, 0.3) is 11.0 Å². The van der Waals surface area contributed by atoms with Gasteiger partial charge in [-0.05, 0) is 46.8 Å². The molecule has 146 valence electrons. The van der Waals surface area contributed by atoms with Gasteiger partial charge in [0.1, 0.15) is 5.60 Å². The molecule has 0 saturated carbocycles. The van der Waals surface area contributed by atoms with Crippen LogP contribution in [0, 0.1) is 0 Å². The first-order valence-corrected chi connectivity index (χ1v) is 9.42. The summed E-state index contributed by atoms with van der Waals surface area (Å²) in [4.78, 5) is 25.7. The number of hydrogen-bond acceptors (Lipinski definition) is 6. The molecule has 0 N–H and O–H groups in total. The van der Waals surface area contributed by atoms with Crippen molar-refractivity contribution in [3.63, 3.8) is 0 Å². The zero-order valence-electron chi connectivity index (χ0n) is 16.7. The largest absolute Gasteiger partial charge is 0.475 e. The third-order valence-electron chi connectivity index (χ3n) is 4.35. The monoisotopic (exact) mass is 372 g/mol. The van der Waals surface area contributed by atoms with E-state index in [2.05, 4.69) is 16.8 Å². The number of ether oxygens (including phenoxy) is 2. The topological polar surface area (TPSA) is 67.8 Å². The maximum Gasteiger partial charge on any atom is 0.410 e. The van der Waals surface area contributed by atoms with E-state index in [1.807, 2.05) is 52.0 Å². The molecule has 2 aromatic rings. The summed E-state index contributed by atoms with van der Waals surface area (Å²) in [7, 11) is 0. The smallest absolute Gasteiger partial charge is 0.410 e. The zero-order chi connectivity index (χ0) is 19.6. The Labute approximate surface area is 160 Å². The second-order valence-corrected chi connectivity index (χ2v) is 7.74. The van der Waals surface area contributed by atoms with Gasteiger partial charge < -0.3 is 19.3 Å². The number of fused-ring (bicyclic) bond motifs is 1. The van der Waals surface area contributed by atoms with Crippen LogP contribution < -0.4 is 9.64 Å². The van der Waals surface area contributed by atoms with E-state index >= 15 is 0 Å². The van der Waals surface area contributed by atoms with Gasteiger partial charge in [0, 0.05) is 25.7 Å². The highest BCUT2D eigenvalue weighted by atomic mass is 16.6. The number of amides is 1. The van der Waals surface area contributed by atoms with Gasteiger partial charge in [0.15, 0.2) is 5.82 Å². The van der Waals surface area contributed by atoms with Crippen molar-refractivity contribution in [3.8, 4) is 5.88 Å². The summed E-state index contributed by atoms with van der Waals surface area (Å²) < 4.78 is 11.3. The molecule has 2 heterocycles. The van der Waals surface area contributed by atoms with Gasteiger partial charge in [-0.2, -0.15) is 0 Å². The summed E-state index contributed by atoms with van der Waals surface area (Å²) in [5, 5.41) is 0. The molecule has 1 aliphatic rings. The molecule has 1 atom stereocenters. The van der Waals surface area contributed by atoms with Crippen LogP contribution in [0.15, 0.2) is 24.3 Å². The van der Waals surface area contributed by atoms with Gasteiger partial charge in [-0.3, -0.25) is 0 Å². The molecule has 0 bridgehead atoms. The first kappa shape index (κ1) is 19.2. The molecule has 1 aliphatic heterocycles. The number of rotatable bonds is 3. The molecular formula is C20H28N4O3. The van der Waals surface area contributed by atoms with Crippen molar-refractivity contribution in [3.05, 3.63) is 24.3 Å². The third kappa shape index (κ3) is 4.40. The van der Waals surface area contributed by atoms with Crippen LogP contribution in [0.2, 0.25) is 0 Å². The van der Waals surface area contributed by atoms with Gasteiger partial charge in [-0.25, -0.2) is 14.8 Å². The number of anilines is 1. The predicted octanol–water partition coefficient (Wildman–Crippen LogP) is 3.47. The molecule has 1 fully saturated rings. The average molecular weight is 372 g/mol. The summed E-state index contributed by atoms with van der Waals surface area (Å²) >= 11 is 0. The first-order valence-electron chi connectivity index (χ1n) is 9.42. The van der Waals surface area contributed by atoms with Crippen molar-refractivity contribution in [2.24, 2.45) is 0 Å². The van der Waals surface area contributed by atoms with E-state index < -0.39 is 5.60 Å². The number of benzene rings is 1. The number of nitrogens with zero attached hydrogens (tertiary/aromatic N) is 4. The predicted molar refractivity (Wildman–Crippen MR) is 105 cm³/mol. The Morgan fingerprint density at radius 1 is 1.19 bits per heavy atom. The van der Waals surface area contributed by atoms with Gasteiger partial charge in [0.25, 0.3) is 5.88 Å². The van der Waals surface area contributed by atoms with Crippen molar-refractivity contribution in [2.45, 2.75) is 46.3 Å². The standard InChI is InChI=1S/C20H28N4O3/c1-6-26-18-17(21-15-9-7-8-10-16(15)22-18)24-12-11-23(13-14(24)2)19(25)27-20(3,4)5/h7-10,14H,6,11-13H2,1-5H3/t14-/m1/s1.